The van der Waals surface area contributed by atoms with Gasteiger partial charge in [0.25, 0.3) is 0 Å². The molecule has 1 unspecified atom stereocenters. The van der Waals surface area contributed by atoms with Crippen molar-refractivity contribution in [3.8, 4) is 5.75 Å². The lowest BCUT2D eigenvalue weighted by Crippen LogP contribution is -2.37. The van der Waals surface area contributed by atoms with Crippen LogP contribution in [0.25, 0.3) is 0 Å². The Bertz CT molecular complexity index is 812. The van der Waals surface area contributed by atoms with Crippen molar-refractivity contribution in [1.82, 2.24) is 5.32 Å². The van der Waals surface area contributed by atoms with Crippen molar-refractivity contribution in [2.75, 3.05) is 43.5 Å². The number of hydrogen-bond donors (Lipinski definition) is 3. The first kappa shape index (κ1) is 20.1. The van der Waals surface area contributed by atoms with Crippen LogP contribution >= 0.6 is 0 Å². The lowest BCUT2D eigenvalue weighted by molar-refractivity contribution is -0.137. The van der Waals surface area contributed by atoms with Gasteiger partial charge in [-0.05, 0) is 36.4 Å². The van der Waals surface area contributed by atoms with E-state index in [9.17, 15) is 13.2 Å². The molecule has 9 heteroatoms. The Kier molecular flexibility index (Phi) is 5.85. The minimum absolute atomic E-state index is 0.435. The molecule has 1 aliphatic rings. The highest BCUT2D eigenvalue weighted by Gasteiger charge is 2.30. The molecule has 0 aliphatic carbocycles. The zero-order chi connectivity index (χ0) is 20.3. The number of methoxy groups -OCH3 is 2. The largest absolute Gasteiger partial charge is 0.496 e. The smallest absolute Gasteiger partial charge is 0.416 e. The third-order valence-corrected chi connectivity index (χ3v) is 4.56. The summed E-state index contributed by atoms with van der Waals surface area (Å²) in [6.45, 7) is 1.14. The van der Waals surface area contributed by atoms with Crippen molar-refractivity contribution >= 4 is 17.1 Å². The summed E-state index contributed by atoms with van der Waals surface area (Å²) in [6.07, 6.45) is -4.96. The predicted molar refractivity (Wildman–Crippen MR) is 103 cm³/mol. The standard InChI is InChI=1S/C19H23F3N4O2/c1-26-11-24-15-8-9-16(27-2)14(17(15)26)10-23-18(28-3)25-13-6-4-12(5-7-13)19(20,21)22/h4-9,18,23-25H,10-11H2,1-3H3. The lowest BCUT2D eigenvalue weighted by atomic mass is 10.1. The fourth-order valence-corrected chi connectivity index (χ4v) is 3.14. The van der Waals surface area contributed by atoms with Crippen molar-refractivity contribution in [1.29, 1.82) is 0 Å². The van der Waals surface area contributed by atoms with Crippen LogP contribution in [0.2, 0.25) is 0 Å². The summed E-state index contributed by atoms with van der Waals surface area (Å²) in [5.41, 5.74) is 2.83. The Hall–Kier alpha value is -2.65. The second-order valence-electron chi connectivity index (χ2n) is 6.39. The number of ether oxygens (including phenoxy) is 2. The number of hydrogen-bond acceptors (Lipinski definition) is 6. The van der Waals surface area contributed by atoms with Gasteiger partial charge in [0.05, 0.1) is 30.7 Å². The maximum Gasteiger partial charge on any atom is 0.416 e. The molecule has 2 aromatic rings. The maximum atomic E-state index is 12.7. The van der Waals surface area contributed by atoms with Crippen LogP contribution in [0.3, 0.4) is 0 Å². The van der Waals surface area contributed by atoms with Crippen LogP contribution in [0.15, 0.2) is 36.4 Å². The molecule has 0 spiro atoms. The van der Waals surface area contributed by atoms with E-state index in [1.165, 1.54) is 19.2 Å². The molecule has 0 saturated carbocycles. The van der Waals surface area contributed by atoms with Crippen LogP contribution in [-0.4, -0.2) is 34.3 Å². The first-order chi connectivity index (χ1) is 13.3. The van der Waals surface area contributed by atoms with Crippen molar-refractivity contribution in [3.63, 3.8) is 0 Å². The van der Waals surface area contributed by atoms with E-state index in [1.807, 2.05) is 19.2 Å². The van der Waals surface area contributed by atoms with Crippen LogP contribution in [0.1, 0.15) is 11.1 Å². The average Bonchev–Trinajstić information content (AvgIpc) is 3.05. The van der Waals surface area contributed by atoms with Crippen molar-refractivity contribution in [3.05, 3.63) is 47.5 Å². The highest BCUT2D eigenvalue weighted by molar-refractivity contribution is 5.80. The minimum atomic E-state index is -4.36. The Labute approximate surface area is 161 Å². The molecule has 0 fully saturated rings. The highest BCUT2D eigenvalue weighted by atomic mass is 19.4. The number of halogens is 3. The zero-order valence-electron chi connectivity index (χ0n) is 15.9. The second-order valence-corrected chi connectivity index (χ2v) is 6.39. The minimum Gasteiger partial charge on any atom is -0.496 e. The average molecular weight is 396 g/mol. The number of nitrogens with zero attached hydrogens (tertiary/aromatic N) is 1. The molecule has 2 aromatic carbocycles. The van der Waals surface area contributed by atoms with E-state index in [0.717, 1.165) is 34.8 Å². The molecule has 3 rings (SSSR count). The normalized spacial score (nSPS) is 14.4. The second kappa shape index (κ2) is 8.15. The van der Waals surface area contributed by atoms with Gasteiger partial charge in [0.2, 0.25) is 0 Å². The number of nitrogens with one attached hydrogen (secondary N) is 3. The van der Waals surface area contributed by atoms with Gasteiger partial charge >= 0.3 is 6.18 Å². The summed E-state index contributed by atoms with van der Waals surface area (Å²) < 4.78 is 48.9. The van der Waals surface area contributed by atoms with E-state index < -0.39 is 18.1 Å². The third-order valence-electron chi connectivity index (χ3n) is 4.56. The van der Waals surface area contributed by atoms with Gasteiger partial charge in [-0.2, -0.15) is 13.2 Å². The van der Waals surface area contributed by atoms with Gasteiger partial charge in [-0.25, -0.2) is 0 Å². The van der Waals surface area contributed by atoms with E-state index >= 15 is 0 Å². The molecular weight excluding hydrogens is 373 g/mol. The van der Waals surface area contributed by atoms with Gasteiger partial charge in [-0.3, -0.25) is 5.32 Å². The maximum absolute atomic E-state index is 12.7. The Balaban J connectivity index is 1.70. The molecule has 1 heterocycles. The molecule has 0 saturated heterocycles. The molecule has 0 bridgehead atoms. The van der Waals surface area contributed by atoms with E-state index in [1.54, 1.807) is 7.11 Å². The topological polar surface area (TPSA) is 57.8 Å². The van der Waals surface area contributed by atoms with Crippen LogP contribution in [0, 0.1) is 0 Å². The number of fused-ring (bicyclic) bond motifs is 1. The molecular formula is C19H23F3N4O2. The first-order valence-corrected chi connectivity index (χ1v) is 8.68. The first-order valence-electron chi connectivity index (χ1n) is 8.68. The van der Waals surface area contributed by atoms with Crippen LogP contribution in [0.4, 0.5) is 30.2 Å². The van der Waals surface area contributed by atoms with Gasteiger partial charge in [0.15, 0.2) is 6.35 Å². The number of rotatable bonds is 7. The third kappa shape index (κ3) is 4.26. The van der Waals surface area contributed by atoms with Crippen molar-refractivity contribution in [2.45, 2.75) is 19.1 Å². The number of alkyl halides is 3. The van der Waals surface area contributed by atoms with Crippen molar-refractivity contribution < 1.29 is 22.6 Å². The molecule has 152 valence electrons. The summed E-state index contributed by atoms with van der Waals surface area (Å²) in [4.78, 5) is 2.08. The molecule has 1 atom stereocenters. The summed E-state index contributed by atoms with van der Waals surface area (Å²) in [7, 11) is 5.10. The van der Waals surface area contributed by atoms with Gasteiger partial charge in [0.1, 0.15) is 5.75 Å². The zero-order valence-corrected chi connectivity index (χ0v) is 15.9. The molecule has 0 radical (unpaired) electrons. The van der Waals surface area contributed by atoms with E-state index in [-0.39, 0.29) is 0 Å². The molecule has 6 nitrogen and oxygen atoms in total. The number of anilines is 3. The van der Waals surface area contributed by atoms with Crippen molar-refractivity contribution in [2.24, 2.45) is 0 Å². The quantitative estimate of drug-likeness (QED) is 0.621. The SMILES string of the molecule is COc1ccc2c(c1CNC(Nc1ccc(C(F)(F)F)cc1)OC)N(C)CN2. The predicted octanol–water partition coefficient (Wildman–Crippen LogP) is 3.66. The van der Waals surface area contributed by atoms with Gasteiger partial charge < -0.3 is 25.0 Å². The van der Waals surface area contributed by atoms with Crippen LogP contribution < -0.4 is 25.6 Å². The molecule has 0 aromatic heterocycles. The van der Waals surface area contributed by atoms with Gasteiger partial charge in [0, 0.05) is 32.0 Å². The Morgan fingerprint density at radius 2 is 1.86 bits per heavy atom. The van der Waals surface area contributed by atoms with Crippen LogP contribution in [-0.2, 0) is 17.5 Å². The Morgan fingerprint density at radius 1 is 1.14 bits per heavy atom. The monoisotopic (exact) mass is 396 g/mol. The van der Waals surface area contributed by atoms with Gasteiger partial charge in [-0.15, -0.1) is 0 Å². The number of benzene rings is 2. The fraction of sp³-hybridized carbons (Fsp3) is 0.368. The highest BCUT2D eigenvalue weighted by Crippen LogP contribution is 2.39. The molecule has 1 aliphatic heterocycles. The van der Waals surface area contributed by atoms with E-state index in [0.29, 0.717) is 18.9 Å². The lowest BCUT2D eigenvalue weighted by Gasteiger charge is -2.23. The molecule has 3 N–H and O–H groups in total. The summed E-state index contributed by atoms with van der Waals surface area (Å²) in [5, 5.41) is 9.54. The van der Waals surface area contributed by atoms with Crippen LogP contribution in [0.5, 0.6) is 5.75 Å². The molecule has 0 amide bonds. The van der Waals surface area contributed by atoms with E-state index in [2.05, 4.69) is 20.9 Å². The van der Waals surface area contributed by atoms with E-state index in [4.69, 9.17) is 9.47 Å². The Morgan fingerprint density at radius 3 is 2.46 bits per heavy atom. The summed E-state index contributed by atoms with van der Waals surface area (Å²) in [5.74, 6) is 0.742. The summed E-state index contributed by atoms with van der Waals surface area (Å²) >= 11 is 0. The van der Waals surface area contributed by atoms with Gasteiger partial charge in [-0.1, -0.05) is 0 Å². The molecule has 28 heavy (non-hydrogen) atoms. The fourth-order valence-electron chi connectivity index (χ4n) is 3.14. The summed E-state index contributed by atoms with van der Waals surface area (Å²) in [6, 6.07) is 8.66.